The van der Waals surface area contributed by atoms with E-state index >= 15 is 0 Å². The molecule has 0 saturated carbocycles. The summed E-state index contributed by atoms with van der Waals surface area (Å²) in [5.74, 6) is -0.709. The van der Waals surface area contributed by atoms with Crippen molar-refractivity contribution in [3.05, 3.63) is 28.9 Å². The molecule has 1 amide bonds. The van der Waals surface area contributed by atoms with Crippen LogP contribution in [0.3, 0.4) is 0 Å². The molecule has 2 heterocycles. The molecule has 0 unspecified atom stereocenters. The van der Waals surface area contributed by atoms with Crippen molar-refractivity contribution in [1.29, 1.82) is 0 Å². The summed E-state index contributed by atoms with van der Waals surface area (Å²) >= 11 is 1.22. The van der Waals surface area contributed by atoms with Crippen molar-refractivity contribution in [2.24, 2.45) is 0 Å². The van der Waals surface area contributed by atoms with Crippen LogP contribution < -0.4 is 10.1 Å². The van der Waals surface area contributed by atoms with Crippen LogP contribution in [0.1, 0.15) is 35.3 Å². The van der Waals surface area contributed by atoms with Gasteiger partial charge in [-0.2, -0.15) is 13.2 Å². The number of anilines is 1. The van der Waals surface area contributed by atoms with Crippen LogP contribution in [0.5, 0.6) is 5.88 Å². The van der Waals surface area contributed by atoms with Crippen molar-refractivity contribution in [3.8, 4) is 5.88 Å². The van der Waals surface area contributed by atoms with E-state index in [9.17, 15) is 18.0 Å². The first-order valence-corrected chi connectivity index (χ1v) is 7.37. The second-order valence-electron chi connectivity index (χ2n) is 4.82. The van der Waals surface area contributed by atoms with Gasteiger partial charge in [0.1, 0.15) is 10.7 Å². The van der Waals surface area contributed by atoms with Crippen molar-refractivity contribution >= 4 is 22.4 Å². The van der Waals surface area contributed by atoms with Gasteiger partial charge in [-0.1, -0.05) is 31.3 Å². The van der Waals surface area contributed by atoms with Gasteiger partial charge in [-0.05, 0) is 6.07 Å². The summed E-state index contributed by atoms with van der Waals surface area (Å²) in [7, 11) is 0. The molecular formula is C13H13F3N4O2S. The Kier molecular flexibility index (Phi) is 5.14. The number of pyridine rings is 1. The van der Waals surface area contributed by atoms with Crippen LogP contribution in [-0.4, -0.2) is 33.9 Å². The van der Waals surface area contributed by atoms with Gasteiger partial charge in [0.2, 0.25) is 11.0 Å². The molecule has 0 saturated heterocycles. The number of aromatic nitrogens is 3. The van der Waals surface area contributed by atoms with Crippen molar-refractivity contribution in [2.75, 3.05) is 11.9 Å². The lowest BCUT2D eigenvalue weighted by molar-refractivity contribution is -0.154. The number of nitrogens with one attached hydrogen (secondary N) is 1. The molecule has 124 valence electrons. The van der Waals surface area contributed by atoms with Crippen LogP contribution in [-0.2, 0) is 0 Å². The number of alkyl halides is 3. The molecule has 0 bridgehead atoms. The Bertz CT molecular complexity index is 688. The van der Waals surface area contributed by atoms with Crippen molar-refractivity contribution in [1.82, 2.24) is 15.2 Å². The van der Waals surface area contributed by atoms with Crippen molar-refractivity contribution in [2.45, 2.75) is 25.9 Å². The highest BCUT2D eigenvalue weighted by Gasteiger charge is 2.28. The zero-order chi connectivity index (χ0) is 17.0. The summed E-state index contributed by atoms with van der Waals surface area (Å²) in [6.07, 6.45) is -4.47. The lowest BCUT2D eigenvalue weighted by Gasteiger charge is -2.08. The third-order valence-corrected chi connectivity index (χ3v) is 3.63. The number of hydrogen-bond donors (Lipinski definition) is 1. The molecule has 2 aromatic rings. The summed E-state index contributed by atoms with van der Waals surface area (Å²) in [6, 6.07) is 3.98. The third-order valence-electron chi connectivity index (χ3n) is 2.49. The second-order valence-corrected chi connectivity index (χ2v) is 5.83. The fraction of sp³-hybridized carbons (Fsp3) is 0.385. The van der Waals surface area contributed by atoms with Crippen LogP contribution >= 0.6 is 11.3 Å². The molecule has 0 spiro atoms. The van der Waals surface area contributed by atoms with E-state index in [1.165, 1.54) is 29.5 Å². The van der Waals surface area contributed by atoms with E-state index in [4.69, 9.17) is 0 Å². The average Bonchev–Trinajstić information content (AvgIpc) is 2.93. The first-order chi connectivity index (χ1) is 10.7. The van der Waals surface area contributed by atoms with E-state index in [1.807, 2.05) is 13.8 Å². The summed E-state index contributed by atoms with van der Waals surface area (Å²) in [6.45, 7) is 2.41. The normalized spacial score (nSPS) is 11.6. The molecule has 0 aliphatic carbocycles. The molecule has 10 heteroatoms. The molecule has 2 rings (SSSR count). The van der Waals surface area contributed by atoms with E-state index in [1.54, 1.807) is 0 Å². The van der Waals surface area contributed by atoms with Gasteiger partial charge in [0.15, 0.2) is 6.61 Å². The van der Waals surface area contributed by atoms with Crippen LogP contribution in [0.25, 0.3) is 0 Å². The fourth-order valence-corrected chi connectivity index (χ4v) is 2.20. The Morgan fingerprint density at radius 2 is 2.09 bits per heavy atom. The molecule has 2 aromatic heterocycles. The predicted octanol–water partition coefficient (Wildman–Crippen LogP) is 3.25. The van der Waals surface area contributed by atoms with Crippen LogP contribution in [0.4, 0.5) is 18.3 Å². The van der Waals surface area contributed by atoms with Crippen molar-refractivity contribution in [3.63, 3.8) is 0 Å². The highest BCUT2D eigenvalue weighted by Crippen LogP contribution is 2.23. The minimum atomic E-state index is -4.47. The maximum Gasteiger partial charge on any atom is 0.422 e. The lowest BCUT2D eigenvalue weighted by Crippen LogP contribution is -2.20. The number of carbonyl (C=O) groups is 1. The minimum absolute atomic E-state index is 0.0778. The minimum Gasteiger partial charge on any atom is -0.468 e. The highest BCUT2D eigenvalue weighted by atomic mass is 32.1. The Morgan fingerprint density at radius 3 is 2.70 bits per heavy atom. The molecule has 0 aromatic carbocycles. The van der Waals surface area contributed by atoms with E-state index in [-0.39, 0.29) is 17.5 Å². The van der Waals surface area contributed by atoms with Crippen LogP contribution in [0.2, 0.25) is 0 Å². The van der Waals surface area contributed by atoms with Gasteiger partial charge in [0.25, 0.3) is 5.91 Å². The number of ether oxygens (including phenoxy) is 1. The molecule has 0 atom stereocenters. The smallest absolute Gasteiger partial charge is 0.422 e. The summed E-state index contributed by atoms with van der Waals surface area (Å²) in [4.78, 5) is 15.8. The maximum atomic E-state index is 12.1. The zero-order valence-corrected chi connectivity index (χ0v) is 13.0. The highest BCUT2D eigenvalue weighted by molar-refractivity contribution is 7.15. The first kappa shape index (κ1) is 17.1. The molecule has 0 fully saturated rings. The van der Waals surface area contributed by atoms with E-state index < -0.39 is 18.7 Å². The van der Waals surface area contributed by atoms with Gasteiger partial charge in [0, 0.05) is 12.0 Å². The maximum absolute atomic E-state index is 12.1. The van der Waals surface area contributed by atoms with Gasteiger partial charge in [0.05, 0.1) is 0 Å². The third kappa shape index (κ3) is 5.16. The Hall–Kier alpha value is -2.23. The van der Waals surface area contributed by atoms with E-state index in [2.05, 4.69) is 25.2 Å². The van der Waals surface area contributed by atoms with Crippen LogP contribution in [0.15, 0.2) is 18.2 Å². The number of rotatable bonds is 5. The Labute approximate surface area is 133 Å². The molecule has 0 aliphatic heterocycles. The Morgan fingerprint density at radius 1 is 1.35 bits per heavy atom. The first-order valence-electron chi connectivity index (χ1n) is 6.56. The monoisotopic (exact) mass is 346 g/mol. The molecular weight excluding hydrogens is 333 g/mol. The largest absolute Gasteiger partial charge is 0.468 e. The Balaban J connectivity index is 2.04. The predicted molar refractivity (Wildman–Crippen MR) is 77.7 cm³/mol. The van der Waals surface area contributed by atoms with Gasteiger partial charge in [-0.3, -0.25) is 10.1 Å². The molecule has 6 nitrogen and oxygen atoms in total. The molecule has 0 aliphatic rings. The lowest BCUT2D eigenvalue weighted by atomic mass is 10.2. The van der Waals surface area contributed by atoms with E-state index in [0.29, 0.717) is 5.13 Å². The average molecular weight is 346 g/mol. The van der Waals surface area contributed by atoms with Crippen molar-refractivity contribution < 1.29 is 22.7 Å². The topological polar surface area (TPSA) is 77.0 Å². The molecule has 1 N–H and O–H groups in total. The zero-order valence-electron chi connectivity index (χ0n) is 12.2. The van der Waals surface area contributed by atoms with Gasteiger partial charge in [-0.15, -0.1) is 10.2 Å². The number of halogens is 3. The fourth-order valence-electron chi connectivity index (χ4n) is 1.46. The van der Waals surface area contributed by atoms with Gasteiger partial charge < -0.3 is 4.74 Å². The quantitative estimate of drug-likeness (QED) is 0.899. The standard InChI is InChI=1S/C13H13F3N4O2S/c1-7(2)11-19-20-12(23-11)18-10(21)8-4-3-5-9(17-8)22-6-13(14,15)16/h3-5,7H,6H2,1-2H3,(H,18,20,21). The number of carbonyl (C=O) groups excluding carboxylic acids is 1. The second kappa shape index (κ2) is 6.90. The number of amides is 1. The van der Waals surface area contributed by atoms with Gasteiger partial charge >= 0.3 is 6.18 Å². The number of hydrogen-bond acceptors (Lipinski definition) is 6. The van der Waals surface area contributed by atoms with Crippen LogP contribution in [0, 0.1) is 0 Å². The summed E-state index contributed by atoms with van der Waals surface area (Å²) < 4.78 is 40.8. The summed E-state index contributed by atoms with van der Waals surface area (Å²) in [5.41, 5.74) is -0.0778. The molecule has 0 radical (unpaired) electrons. The summed E-state index contributed by atoms with van der Waals surface area (Å²) in [5, 5.41) is 11.3. The van der Waals surface area contributed by atoms with E-state index in [0.717, 1.165) is 5.01 Å². The SMILES string of the molecule is CC(C)c1nnc(NC(=O)c2cccc(OCC(F)(F)F)n2)s1. The number of nitrogens with zero attached hydrogens (tertiary/aromatic N) is 3. The molecule has 23 heavy (non-hydrogen) atoms. The van der Waals surface area contributed by atoms with Gasteiger partial charge in [-0.25, -0.2) is 4.98 Å².